The van der Waals surface area contributed by atoms with Gasteiger partial charge in [0.15, 0.2) is 5.82 Å². The third-order valence-corrected chi connectivity index (χ3v) is 1.92. The van der Waals surface area contributed by atoms with E-state index in [1.807, 2.05) is 0 Å². The first-order chi connectivity index (χ1) is 7.52. The minimum absolute atomic E-state index is 0.124. The largest absolute Gasteiger partial charge is 0.347 e. The van der Waals surface area contributed by atoms with Crippen LogP contribution in [0, 0.1) is 5.82 Å². The van der Waals surface area contributed by atoms with E-state index in [0.717, 1.165) is 6.20 Å². The highest BCUT2D eigenvalue weighted by atomic mass is 19.1. The van der Waals surface area contributed by atoms with Gasteiger partial charge in [-0.3, -0.25) is 14.6 Å². The molecular formula is C10H12FN3O2. The molecule has 0 atom stereocenters. The van der Waals surface area contributed by atoms with Gasteiger partial charge in [0, 0.05) is 20.3 Å². The molecule has 0 aliphatic heterocycles. The van der Waals surface area contributed by atoms with Crippen LogP contribution in [0.4, 0.5) is 4.39 Å². The van der Waals surface area contributed by atoms with Crippen molar-refractivity contribution in [1.29, 1.82) is 0 Å². The molecule has 2 amide bonds. The topological polar surface area (TPSA) is 62.3 Å². The first-order valence-electron chi connectivity index (χ1n) is 4.60. The maximum Gasteiger partial charge on any atom is 0.254 e. The van der Waals surface area contributed by atoms with Crippen molar-refractivity contribution in [1.82, 2.24) is 15.2 Å². The van der Waals surface area contributed by atoms with Crippen molar-refractivity contribution >= 4 is 11.8 Å². The van der Waals surface area contributed by atoms with Gasteiger partial charge in [0.05, 0.1) is 18.3 Å². The minimum Gasteiger partial charge on any atom is -0.347 e. The number of rotatable bonds is 3. The normalized spacial score (nSPS) is 9.69. The molecule has 86 valence electrons. The van der Waals surface area contributed by atoms with Crippen LogP contribution in [-0.4, -0.2) is 42.3 Å². The van der Waals surface area contributed by atoms with Crippen molar-refractivity contribution < 1.29 is 14.0 Å². The van der Waals surface area contributed by atoms with E-state index < -0.39 is 11.7 Å². The lowest BCUT2D eigenvalue weighted by atomic mass is 10.2. The second kappa shape index (κ2) is 5.20. The SMILES string of the molecule is CN(C)C(=O)CNC(=O)c1ccncc1F. The van der Waals surface area contributed by atoms with E-state index in [2.05, 4.69) is 10.3 Å². The number of amides is 2. The van der Waals surface area contributed by atoms with E-state index in [0.29, 0.717) is 0 Å². The van der Waals surface area contributed by atoms with Crippen LogP contribution >= 0.6 is 0 Å². The molecule has 0 bridgehead atoms. The van der Waals surface area contributed by atoms with Gasteiger partial charge in [0.25, 0.3) is 5.91 Å². The third-order valence-electron chi connectivity index (χ3n) is 1.92. The number of pyridine rings is 1. The summed E-state index contributed by atoms with van der Waals surface area (Å²) in [6, 6.07) is 1.25. The summed E-state index contributed by atoms with van der Waals surface area (Å²) in [5.74, 6) is -1.60. The second-order valence-corrected chi connectivity index (χ2v) is 3.33. The van der Waals surface area contributed by atoms with E-state index in [1.165, 1.54) is 17.2 Å². The van der Waals surface area contributed by atoms with Crippen LogP contribution < -0.4 is 5.32 Å². The molecule has 0 aromatic carbocycles. The summed E-state index contributed by atoms with van der Waals surface area (Å²) >= 11 is 0. The molecule has 16 heavy (non-hydrogen) atoms. The highest BCUT2D eigenvalue weighted by Gasteiger charge is 2.12. The number of carbonyl (C=O) groups is 2. The number of hydrogen-bond donors (Lipinski definition) is 1. The molecule has 0 aliphatic rings. The fourth-order valence-corrected chi connectivity index (χ4v) is 0.969. The van der Waals surface area contributed by atoms with Gasteiger partial charge in [-0.1, -0.05) is 0 Å². The van der Waals surface area contributed by atoms with Crippen LogP contribution in [0.2, 0.25) is 0 Å². The lowest BCUT2D eigenvalue weighted by molar-refractivity contribution is -0.127. The molecule has 5 nitrogen and oxygen atoms in total. The zero-order valence-corrected chi connectivity index (χ0v) is 9.03. The van der Waals surface area contributed by atoms with E-state index in [-0.39, 0.29) is 18.0 Å². The van der Waals surface area contributed by atoms with Crippen molar-refractivity contribution in [2.75, 3.05) is 20.6 Å². The summed E-state index contributed by atoms with van der Waals surface area (Å²) in [6.07, 6.45) is 2.26. The van der Waals surface area contributed by atoms with E-state index in [9.17, 15) is 14.0 Å². The van der Waals surface area contributed by atoms with E-state index in [4.69, 9.17) is 0 Å². The van der Waals surface area contributed by atoms with Gasteiger partial charge in [0.1, 0.15) is 0 Å². The van der Waals surface area contributed by atoms with Gasteiger partial charge in [-0.05, 0) is 6.07 Å². The number of nitrogens with one attached hydrogen (secondary N) is 1. The molecule has 0 saturated carbocycles. The van der Waals surface area contributed by atoms with Crippen LogP contribution in [0.25, 0.3) is 0 Å². The van der Waals surface area contributed by atoms with Gasteiger partial charge in [0.2, 0.25) is 5.91 Å². The van der Waals surface area contributed by atoms with Crippen molar-refractivity contribution in [2.24, 2.45) is 0 Å². The molecule has 1 heterocycles. The summed E-state index contributed by atoms with van der Waals surface area (Å²) in [6.45, 7) is -0.159. The minimum atomic E-state index is -0.711. The molecule has 1 aromatic heterocycles. The van der Waals surface area contributed by atoms with Crippen LogP contribution in [0.5, 0.6) is 0 Å². The predicted molar refractivity (Wildman–Crippen MR) is 55.2 cm³/mol. The highest BCUT2D eigenvalue weighted by molar-refractivity contribution is 5.96. The van der Waals surface area contributed by atoms with Gasteiger partial charge in [-0.15, -0.1) is 0 Å². The number of aromatic nitrogens is 1. The van der Waals surface area contributed by atoms with Crippen LogP contribution in [0.3, 0.4) is 0 Å². The predicted octanol–water partition coefficient (Wildman–Crippen LogP) is 0.0387. The summed E-state index contributed by atoms with van der Waals surface area (Å²) < 4.78 is 13.1. The molecule has 0 unspecified atom stereocenters. The lowest BCUT2D eigenvalue weighted by Gasteiger charge is -2.10. The second-order valence-electron chi connectivity index (χ2n) is 3.33. The first kappa shape index (κ1) is 12.1. The average Bonchev–Trinajstić information content (AvgIpc) is 2.25. The molecule has 6 heteroatoms. The number of halogens is 1. The van der Waals surface area contributed by atoms with Crippen molar-refractivity contribution in [3.8, 4) is 0 Å². The quantitative estimate of drug-likeness (QED) is 0.790. The maximum atomic E-state index is 13.1. The first-order valence-corrected chi connectivity index (χ1v) is 4.60. The third kappa shape index (κ3) is 3.01. The Kier molecular flexibility index (Phi) is 3.93. The number of hydrogen-bond acceptors (Lipinski definition) is 3. The summed E-state index contributed by atoms with van der Waals surface area (Å²) in [7, 11) is 3.14. The Balaban J connectivity index is 2.60. The Morgan fingerprint density at radius 2 is 2.19 bits per heavy atom. The Bertz CT molecular complexity index is 407. The number of likely N-dealkylation sites (N-methyl/N-ethyl adjacent to an activating group) is 1. The van der Waals surface area contributed by atoms with Crippen LogP contribution in [0.1, 0.15) is 10.4 Å². The fraction of sp³-hybridized carbons (Fsp3) is 0.300. The highest BCUT2D eigenvalue weighted by Crippen LogP contribution is 2.03. The molecule has 0 radical (unpaired) electrons. The zero-order valence-electron chi connectivity index (χ0n) is 9.03. The maximum absolute atomic E-state index is 13.1. The Morgan fingerprint density at radius 1 is 1.50 bits per heavy atom. The molecule has 0 saturated heterocycles. The van der Waals surface area contributed by atoms with Gasteiger partial charge in [-0.2, -0.15) is 0 Å². The molecule has 0 fully saturated rings. The average molecular weight is 225 g/mol. The summed E-state index contributed by atoms with van der Waals surface area (Å²) in [5.41, 5.74) is -0.124. The van der Waals surface area contributed by atoms with Crippen LogP contribution in [0.15, 0.2) is 18.5 Å². The van der Waals surface area contributed by atoms with Crippen molar-refractivity contribution in [3.63, 3.8) is 0 Å². The summed E-state index contributed by atoms with van der Waals surface area (Å²) in [5, 5.41) is 2.32. The monoisotopic (exact) mass is 225 g/mol. The molecule has 1 rings (SSSR count). The molecule has 0 spiro atoms. The number of nitrogens with zero attached hydrogens (tertiary/aromatic N) is 2. The Morgan fingerprint density at radius 3 is 2.75 bits per heavy atom. The smallest absolute Gasteiger partial charge is 0.254 e. The fourth-order valence-electron chi connectivity index (χ4n) is 0.969. The van der Waals surface area contributed by atoms with Crippen LogP contribution in [-0.2, 0) is 4.79 Å². The van der Waals surface area contributed by atoms with Crippen molar-refractivity contribution in [2.45, 2.75) is 0 Å². The molecule has 1 aromatic rings. The van der Waals surface area contributed by atoms with Gasteiger partial charge < -0.3 is 10.2 Å². The standard InChI is InChI=1S/C10H12FN3O2/c1-14(2)9(15)6-13-10(16)7-3-4-12-5-8(7)11/h3-5H,6H2,1-2H3,(H,13,16). The summed E-state index contributed by atoms with van der Waals surface area (Å²) in [4.78, 5) is 27.5. The Hall–Kier alpha value is -1.98. The molecular weight excluding hydrogens is 213 g/mol. The van der Waals surface area contributed by atoms with E-state index >= 15 is 0 Å². The lowest BCUT2D eigenvalue weighted by Crippen LogP contribution is -2.36. The molecule has 0 aliphatic carbocycles. The Labute approximate surface area is 92.3 Å². The van der Waals surface area contributed by atoms with Gasteiger partial charge >= 0.3 is 0 Å². The van der Waals surface area contributed by atoms with E-state index in [1.54, 1.807) is 14.1 Å². The molecule has 1 N–H and O–H groups in total. The van der Waals surface area contributed by atoms with Crippen molar-refractivity contribution in [3.05, 3.63) is 29.8 Å². The number of carbonyl (C=O) groups excluding carboxylic acids is 2. The zero-order chi connectivity index (χ0) is 12.1. The van der Waals surface area contributed by atoms with Gasteiger partial charge in [-0.25, -0.2) is 4.39 Å².